The van der Waals surface area contributed by atoms with E-state index >= 15 is 0 Å². The minimum Gasteiger partial charge on any atom is -0.392 e. The van der Waals surface area contributed by atoms with E-state index in [9.17, 15) is 30.0 Å². The average Bonchev–Trinajstić information content (AvgIpc) is 3.00. The summed E-state index contributed by atoms with van der Waals surface area (Å²) in [7, 11) is 0. The zero-order valence-electron chi connectivity index (χ0n) is 23.5. The zero-order valence-corrected chi connectivity index (χ0v) is 23.5. The first kappa shape index (κ1) is 27.9. The Kier molecular flexibility index (Phi) is 6.57. The smallest absolute Gasteiger partial charge is 0.160 e. The van der Waals surface area contributed by atoms with Gasteiger partial charge in [-0.1, -0.05) is 47.1 Å². The number of Topliss-reactive ketones (excluding diaryl/α,β-unsaturated/α-hetero) is 2. The third-order valence-corrected chi connectivity index (χ3v) is 11.7. The van der Waals surface area contributed by atoms with Gasteiger partial charge in [0.2, 0.25) is 0 Å². The molecule has 36 heavy (non-hydrogen) atoms. The molecule has 0 spiro atoms. The SMILES string of the molecule is C[C@@H](C[C@@H](O)[C@H](O)C(C)(C)O)C1=C2C[C@@H](O)[C@@H]3[C@]4(C)CCC(=O)C(C)(C)[C@H]4CC[C@@]3(C)[C@]2(C)CC1=O. The molecule has 3 saturated carbocycles. The number of aliphatic hydroxyl groups excluding tert-OH is 3. The summed E-state index contributed by atoms with van der Waals surface area (Å²) in [5.74, 6) is 0.305. The van der Waals surface area contributed by atoms with Gasteiger partial charge < -0.3 is 20.4 Å². The second kappa shape index (κ2) is 8.46. The summed E-state index contributed by atoms with van der Waals surface area (Å²) in [5, 5.41) is 42.9. The predicted octanol–water partition coefficient (Wildman–Crippen LogP) is 3.97. The van der Waals surface area contributed by atoms with Crippen LogP contribution >= 0.6 is 0 Å². The molecule has 6 heteroatoms. The molecule has 0 unspecified atom stereocenters. The number of aliphatic hydroxyl groups is 4. The van der Waals surface area contributed by atoms with E-state index in [1.807, 2.05) is 6.92 Å². The minimum atomic E-state index is -1.45. The molecule has 4 aliphatic carbocycles. The van der Waals surface area contributed by atoms with Gasteiger partial charge in [0, 0.05) is 23.7 Å². The summed E-state index contributed by atoms with van der Waals surface area (Å²) in [5.41, 5.74) is -0.998. The summed E-state index contributed by atoms with van der Waals surface area (Å²) in [6, 6.07) is 0. The summed E-state index contributed by atoms with van der Waals surface area (Å²) >= 11 is 0. The fourth-order valence-electron chi connectivity index (χ4n) is 9.62. The standard InChI is InChI=1S/C30H48O6/c1-16(13-19(32)25(35)27(4,5)36)23-17-14-18(31)24-28(6)11-10-22(34)26(2,3)21(28)9-12-29(24,7)30(17,8)15-20(23)33/h16,18-19,21,24-25,31-32,35-36H,9-15H2,1-8H3/t16-,18+,19+,21+,24+,25-,28+,29+,30+/m0/s1. The van der Waals surface area contributed by atoms with E-state index in [1.54, 1.807) is 0 Å². The molecule has 6 nitrogen and oxygen atoms in total. The Balaban J connectivity index is 1.72. The number of hydrogen-bond acceptors (Lipinski definition) is 6. The number of fused-ring (bicyclic) bond motifs is 5. The molecule has 0 amide bonds. The van der Waals surface area contributed by atoms with Gasteiger partial charge in [-0.05, 0) is 80.1 Å². The molecule has 0 radical (unpaired) electrons. The molecule has 0 heterocycles. The minimum absolute atomic E-state index is 0.00469. The highest BCUT2D eigenvalue weighted by Crippen LogP contribution is 2.73. The average molecular weight is 505 g/mol. The van der Waals surface area contributed by atoms with Crippen LogP contribution < -0.4 is 0 Å². The number of rotatable bonds is 5. The third-order valence-electron chi connectivity index (χ3n) is 11.7. The molecule has 204 valence electrons. The lowest BCUT2D eigenvalue weighted by Crippen LogP contribution is -2.65. The largest absolute Gasteiger partial charge is 0.392 e. The summed E-state index contributed by atoms with van der Waals surface area (Å²) in [6.45, 7) is 15.7. The summed E-state index contributed by atoms with van der Waals surface area (Å²) in [4.78, 5) is 26.5. The normalized spacial score (nSPS) is 42.9. The number of hydrogen-bond donors (Lipinski definition) is 4. The van der Waals surface area contributed by atoms with Gasteiger partial charge in [-0.2, -0.15) is 0 Å². The lowest BCUT2D eigenvalue weighted by Gasteiger charge is -2.68. The molecular weight excluding hydrogens is 456 g/mol. The van der Waals surface area contributed by atoms with Crippen LogP contribution in [-0.2, 0) is 9.59 Å². The molecule has 0 saturated heterocycles. The van der Waals surface area contributed by atoms with Crippen molar-refractivity contribution >= 4 is 11.6 Å². The van der Waals surface area contributed by atoms with Crippen molar-refractivity contribution in [3.05, 3.63) is 11.1 Å². The Labute approximate surface area is 216 Å². The first-order chi connectivity index (χ1) is 16.3. The summed E-state index contributed by atoms with van der Waals surface area (Å²) in [6.07, 6.45) is 1.01. The maximum atomic E-state index is 13.6. The van der Waals surface area contributed by atoms with E-state index in [4.69, 9.17) is 0 Å². The molecule has 0 aromatic rings. The van der Waals surface area contributed by atoms with Gasteiger partial charge in [0.25, 0.3) is 0 Å². The fraction of sp³-hybridized carbons (Fsp3) is 0.867. The van der Waals surface area contributed by atoms with Crippen molar-refractivity contribution in [2.75, 3.05) is 0 Å². The van der Waals surface area contributed by atoms with Gasteiger partial charge in [-0.3, -0.25) is 9.59 Å². The highest BCUT2D eigenvalue weighted by atomic mass is 16.4. The van der Waals surface area contributed by atoms with Crippen molar-refractivity contribution in [1.82, 2.24) is 0 Å². The van der Waals surface area contributed by atoms with E-state index < -0.39 is 34.7 Å². The van der Waals surface area contributed by atoms with Crippen molar-refractivity contribution in [3.63, 3.8) is 0 Å². The number of allylic oxidation sites excluding steroid dienone is 1. The highest BCUT2D eigenvalue weighted by Gasteiger charge is 2.70. The Morgan fingerprint density at radius 2 is 1.67 bits per heavy atom. The molecule has 9 atom stereocenters. The Morgan fingerprint density at radius 3 is 2.25 bits per heavy atom. The van der Waals surface area contributed by atoms with Crippen LogP contribution in [0.2, 0.25) is 0 Å². The Morgan fingerprint density at radius 1 is 1.06 bits per heavy atom. The lowest BCUT2D eigenvalue weighted by molar-refractivity contribution is -0.208. The van der Waals surface area contributed by atoms with Gasteiger partial charge in [0.1, 0.15) is 11.9 Å². The second-order valence-corrected chi connectivity index (χ2v) is 14.5. The first-order valence-corrected chi connectivity index (χ1v) is 13.9. The predicted molar refractivity (Wildman–Crippen MR) is 138 cm³/mol. The second-order valence-electron chi connectivity index (χ2n) is 14.5. The maximum absolute atomic E-state index is 13.6. The van der Waals surface area contributed by atoms with Crippen molar-refractivity contribution in [3.8, 4) is 0 Å². The number of carbonyl (C=O) groups is 2. The van der Waals surface area contributed by atoms with Crippen LogP contribution in [0.3, 0.4) is 0 Å². The van der Waals surface area contributed by atoms with E-state index in [1.165, 1.54) is 13.8 Å². The molecule has 0 aromatic carbocycles. The van der Waals surface area contributed by atoms with E-state index in [0.717, 1.165) is 24.8 Å². The van der Waals surface area contributed by atoms with Crippen LogP contribution in [0.1, 0.15) is 100 Å². The first-order valence-electron chi connectivity index (χ1n) is 13.9. The lowest BCUT2D eigenvalue weighted by atomic mass is 9.36. The fourth-order valence-corrected chi connectivity index (χ4v) is 9.62. The molecule has 4 rings (SSSR count). The van der Waals surface area contributed by atoms with Gasteiger partial charge >= 0.3 is 0 Å². The van der Waals surface area contributed by atoms with Gasteiger partial charge in [0.05, 0.1) is 17.8 Å². The quantitative estimate of drug-likeness (QED) is 0.450. The van der Waals surface area contributed by atoms with Crippen LogP contribution in [-0.4, -0.2) is 55.9 Å². The maximum Gasteiger partial charge on any atom is 0.160 e. The zero-order chi connectivity index (χ0) is 27.2. The van der Waals surface area contributed by atoms with Crippen molar-refractivity contribution in [2.24, 2.45) is 39.4 Å². The van der Waals surface area contributed by atoms with Crippen LogP contribution in [0.4, 0.5) is 0 Å². The van der Waals surface area contributed by atoms with Gasteiger partial charge in [0.15, 0.2) is 5.78 Å². The number of ketones is 2. The van der Waals surface area contributed by atoms with E-state index in [2.05, 4.69) is 34.6 Å². The van der Waals surface area contributed by atoms with Crippen LogP contribution in [0.5, 0.6) is 0 Å². The van der Waals surface area contributed by atoms with Crippen LogP contribution in [0.15, 0.2) is 11.1 Å². The van der Waals surface area contributed by atoms with E-state index in [0.29, 0.717) is 30.6 Å². The molecular formula is C30H48O6. The number of carbonyl (C=O) groups excluding carboxylic acids is 2. The third kappa shape index (κ3) is 3.72. The van der Waals surface area contributed by atoms with Gasteiger partial charge in [-0.15, -0.1) is 0 Å². The summed E-state index contributed by atoms with van der Waals surface area (Å²) < 4.78 is 0. The highest BCUT2D eigenvalue weighted by molar-refractivity contribution is 6.00. The topological polar surface area (TPSA) is 115 Å². The van der Waals surface area contributed by atoms with Crippen LogP contribution in [0, 0.1) is 39.4 Å². The van der Waals surface area contributed by atoms with Crippen molar-refractivity contribution in [1.29, 1.82) is 0 Å². The molecule has 0 bridgehead atoms. The monoisotopic (exact) mass is 504 g/mol. The molecule has 4 aliphatic rings. The van der Waals surface area contributed by atoms with Gasteiger partial charge in [-0.25, -0.2) is 0 Å². The van der Waals surface area contributed by atoms with Crippen molar-refractivity contribution in [2.45, 2.75) is 124 Å². The Hall–Kier alpha value is -1.08. The van der Waals surface area contributed by atoms with Crippen molar-refractivity contribution < 1.29 is 30.0 Å². The van der Waals surface area contributed by atoms with Crippen LogP contribution in [0.25, 0.3) is 0 Å². The molecule has 0 aromatic heterocycles. The Bertz CT molecular complexity index is 974. The van der Waals surface area contributed by atoms with E-state index in [-0.39, 0.29) is 40.8 Å². The molecule has 3 fully saturated rings. The molecule has 0 aliphatic heterocycles. The molecule has 4 N–H and O–H groups in total.